The number of nitrogens with zero attached hydrogens (tertiary/aromatic N) is 2. The SMILES string of the molecule is CC[C@@H](Oc1ccc([C@H]2CN(C)Cc3cc4c(cc3O2)CN(Cc2cccc(F)c2)[C@H](C(=O)OC)C4)cc1)c1ccc(F)c(F)c1. The monoisotopic (exact) mass is 630 g/mol. The molecule has 0 fully saturated rings. The van der Waals surface area contributed by atoms with Crippen LogP contribution in [-0.4, -0.2) is 42.5 Å². The minimum atomic E-state index is -0.895. The van der Waals surface area contributed by atoms with Crippen LogP contribution in [0.1, 0.15) is 58.9 Å². The second kappa shape index (κ2) is 13.6. The molecule has 6 rings (SSSR count). The van der Waals surface area contributed by atoms with E-state index in [0.717, 1.165) is 39.6 Å². The lowest BCUT2D eigenvalue weighted by Gasteiger charge is -2.35. The number of hydrogen-bond donors (Lipinski definition) is 0. The topological polar surface area (TPSA) is 51.2 Å². The first-order chi connectivity index (χ1) is 22.2. The zero-order valence-corrected chi connectivity index (χ0v) is 26.1. The molecule has 0 bridgehead atoms. The molecule has 0 spiro atoms. The predicted molar refractivity (Wildman–Crippen MR) is 168 cm³/mol. The molecule has 0 aromatic heterocycles. The molecule has 0 N–H and O–H groups in total. The molecule has 3 atom stereocenters. The van der Waals surface area contributed by atoms with Gasteiger partial charge in [0.1, 0.15) is 35.6 Å². The molecule has 9 heteroatoms. The van der Waals surface area contributed by atoms with Crippen molar-refractivity contribution in [3.63, 3.8) is 0 Å². The van der Waals surface area contributed by atoms with E-state index in [1.807, 2.05) is 49.2 Å². The van der Waals surface area contributed by atoms with E-state index >= 15 is 0 Å². The summed E-state index contributed by atoms with van der Waals surface area (Å²) in [4.78, 5) is 17.1. The Labute approximate surface area is 267 Å². The zero-order chi connectivity index (χ0) is 32.4. The molecule has 0 radical (unpaired) electrons. The largest absolute Gasteiger partial charge is 0.486 e. The van der Waals surface area contributed by atoms with Gasteiger partial charge < -0.3 is 14.2 Å². The van der Waals surface area contributed by atoms with Crippen molar-refractivity contribution in [2.24, 2.45) is 0 Å². The van der Waals surface area contributed by atoms with Crippen molar-refractivity contribution in [1.82, 2.24) is 9.80 Å². The molecule has 2 heterocycles. The van der Waals surface area contributed by atoms with E-state index in [2.05, 4.69) is 17.0 Å². The number of benzene rings is 4. The molecule has 6 nitrogen and oxygen atoms in total. The van der Waals surface area contributed by atoms with Gasteiger partial charge >= 0.3 is 5.97 Å². The molecule has 46 heavy (non-hydrogen) atoms. The third-order valence-corrected chi connectivity index (χ3v) is 8.76. The molecule has 0 saturated heterocycles. The maximum Gasteiger partial charge on any atom is 0.323 e. The molecule has 0 aliphatic carbocycles. The van der Waals surface area contributed by atoms with Crippen molar-refractivity contribution in [2.45, 2.75) is 57.6 Å². The summed E-state index contributed by atoms with van der Waals surface area (Å²) in [5.74, 6) is -0.992. The van der Waals surface area contributed by atoms with Crippen molar-refractivity contribution < 1.29 is 32.2 Å². The first-order valence-electron chi connectivity index (χ1n) is 15.5. The lowest BCUT2D eigenvalue weighted by atomic mass is 9.91. The Morgan fingerprint density at radius 1 is 0.935 bits per heavy atom. The Morgan fingerprint density at radius 2 is 1.74 bits per heavy atom. The van der Waals surface area contributed by atoms with E-state index in [9.17, 15) is 18.0 Å². The van der Waals surface area contributed by atoms with Gasteiger partial charge in [-0.2, -0.15) is 0 Å². The minimum Gasteiger partial charge on any atom is -0.486 e. The Balaban J connectivity index is 1.22. The molecular weight excluding hydrogens is 593 g/mol. The number of fused-ring (bicyclic) bond motifs is 2. The van der Waals surface area contributed by atoms with Crippen LogP contribution in [0.4, 0.5) is 13.2 Å². The molecule has 2 aliphatic rings. The summed E-state index contributed by atoms with van der Waals surface area (Å²) in [6.45, 7) is 4.17. The number of hydrogen-bond acceptors (Lipinski definition) is 6. The van der Waals surface area contributed by atoms with Crippen molar-refractivity contribution in [3.05, 3.63) is 130 Å². The van der Waals surface area contributed by atoms with E-state index in [4.69, 9.17) is 14.2 Å². The number of carbonyl (C=O) groups excluding carboxylic acids is 1. The maximum absolute atomic E-state index is 13.9. The lowest BCUT2D eigenvalue weighted by molar-refractivity contribution is -0.148. The van der Waals surface area contributed by atoms with Crippen LogP contribution in [0.2, 0.25) is 0 Å². The van der Waals surface area contributed by atoms with Gasteiger partial charge in [-0.05, 0) is 90.2 Å². The van der Waals surface area contributed by atoms with Crippen LogP contribution in [0.5, 0.6) is 11.5 Å². The van der Waals surface area contributed by atoms with E-state index in [1.54, 1.807) is 12.1 Å². The highest BCUT2D eigenvalue weighted by Crippen LogP contribution is 2.37. The van der Waals surface area contributed by atoms with Gasteiger partial charge in [0.15, 0.2) is 11.6 Å². The quantitative estimate of drug-likeness (QED) is 0.191. The van der Waals surface area contributed by atoms with Crippen molar-refractivity contribution in [1.29, 1.82) is 0 Å². The number of ether oxygens (including phenoxy) is 3. The molecule has 0 amide bonds. The summed E-state index contributed by atoms with van der Waals surface area (Å²) in [6.07, 6.45) is 0.410. The highest BCUT2D eigenvalue weighted by molar-refractivity contribution is 5.76. The van der Waals surface area contributed by atoms with Crippen LogP contribution in [0.25, 0.3) is 0 Å². The molecule has 4 aromatic carbocycles. The summed E-state index contributed by atoms with van der Waals surface area (Å²) >= 11 is 0. The van der Waals surface area contributed by atoms with E-state index in [1.165, 1.54) is 25.3 Å². The molecule has 240 valence electrons. The van der Waals surface area contributed by atoms with Crippen molar-refractivity contribution >= 4 is 5.97 Å². The fourth-order valence-corrected chi connectivity index (χ4v) is 6.39. The number of carbonyl (C=O) groups is 1. The van der Waals surface area contributed by atoms with Crippen LogP contribution in [0, 0.1) is 17.5 Å². The highest BCUT2D eigenvalue weighted by atomic mass is 19.2. The number of likely N-dealkylation sites (N-methyl/N-ethyl adjacent to an activating group) is 1. The van der Waals surface area contributed by atoms with Crippen LogP contribution < -0.4 is 9.47 Å². The number of methoxy groups -OCH3 is 1. The Hall–Kier alpha value is -4.34. The van der Waals surface area contributed by atoms with Gasteiger partial charge in [0.05, 0.1) is 7.11 Å². The predicted octanol–water partition coefficient (Wildman–Crippen LogP) is 7.30. The molecule has 2 aliphatic heterocycles. The summed E-state index contributed by atoms with van der Waals surface area (Å²) in [7, 11) is 3.44. The fourth-order valence-electron chi connectivity index (χ4n) is 6.39. The Bertz CT molecular complexity index is 1710. The summed E-state index contributed by atoms with van der Waals surface area (Å²) in [5.41, 5.74) is 5.52. The van der Waals surface area contributed by atoms with E-state index in [-0.39, 0.29) is 17.9 Å². The Morgan fingerprint density at radius 3 is 2.46 bits per heavy atom. The standard InChI is InChI=1S/C37H37F3N2O4/c1-4-34(25-10-13-31(39)32(40)16-25)45-30-11-8-24(9-12-30)36-22-41(2)20-28-15-26-17-33(37(43)44-3)42(21-27(26)18-35(28)46-36)19-23-6-5-7-29(38)14-23/h5-16,18,33-34,36H,4,17,19-22H2,1-3H3/t33-,34+,36+/m0/s1. The van der Waals surface area contributed by atoms with Gasteiger partial charge in [0.2, 0.25) is 0 Å². The van der Waals surface area contributed by atoms with E-state index in [0.29, 0.717) is 50.3 Å². The first-order valence-corrected chi connectivity index (χ1v) is 15.5. The van der Waals surface area contributed by atoms with Crippen LogP contribution in [-0.2, 0) is 35.6 Å². The fraction of sp³-hybridized carbons (Fsp3) is 0.324. The van der Waals surface area contributed by atoms with E-state index < -0.39 is 23.8 Å². The maximum atomic E-state index is 13.9. The first kappa shape index (κ1) is 31.6. The minimum absolute atomic E-state index is 0.249. The lowest BCUT2D eigenvalue weighted by Crippen LogP contribution is -2.45. The van der Waals surface area contributed by atoms with Gasteiger partial charge in [0.25, 0.3) is 0 Å². The number of rotatable bonds is 8. The smallest absolute Gasteiger partial charge is 0.323 e. The second-order valence-electron chi connectivity index (χ2n) is 12.1. The number of halogens is 3. The average Bonchev–Trinajstić information content (AvgIpc) is 3.21. The van der Waals surface area contributed by atoms with Crippen LogP contribution in [0.15, 0.2) is 78.9 Å². The van der Waals surface area contributed by atoms with Gasteiger partial charge in [-0.25, -0.2) is 13.2 Å². The van der Waals surface area contributed by atoms with Crippen LogP contribution >= 0.6 is 0 Å². The van der Waals surface area contributed by atoms with Gasteiger partial charge in [-0.1, -0.05) is 43.3 Å². The summed E-state index contributed by atoms with van der Waals surface area (Å²) < 4.78 is 59.2. The van der Waals surface area contributed by atoms with Crippen molar-refractivity contribution in [3.8, 4) is 11.5 Å². The Kier molecular flexibility index (Phi) is 9.33. The molecule has 4 aromatic rings. The molecule has 0 saturated carbocycles. The third-order valence-electron chi connectivity index (χ3n) is 8.76. The second-order valence-corrected chi connectivity index (χ2v) is 12.1. The number of esters is 1. The van der Waals surface area contributed by atoms with Gasteiger partial charge in [-0.3, -0.25) is 14.6 Å². The van der Waals surface area contributed by atoms with Crippen LogP contribution in [0.3, 0.4) is 0 Å². The third kappa shape index (κ3) is 6.90. The highest BCUT2D eigenvalue weighted by Gasteiger charge is 2.34. The van der Waals surface area contributed by atoms with Gasteiger partial charge in [-0.15, -0.1) is 0 Å². The zero-order valence-electron chi connectivity index (χ0n) is 26.1. The normalized spacial score (nSPS) is 18.9. The summed E-state index contributed by atoms with van der Waals surface area (Å²) in [5, 5.41) is 0. The average molecular weight is 631 g/mol. The van der Waals surface area contributed by atoms with Crippen molar-refractivity contribution in [2.75, 3.05) is 20.7 Å². The molecular formula is C37H37F3N2O4. The summed E-state index contributed by atoms with van der Waals surface area (Å²) in [6, 6.07) is 21.7. The molecule has 0 unspecified atom stereocenters. The van der Waals surface area contributed by atoms with Gasteiger partial charge in [0, 0.05) is 31.7 Å².